The molecule has 2 heteroatoms. The molecule has 44 valence electrons. The maximum Gasteiger partial charge on any atom is 1.00 e. The van der Waals surface area contributed by atoms with Crippen molar-refractivity contribution in [3.8, 4) is 0 Å². The number of unbranched alkanes of at least 4 members (excludes halogenated alkanes) is 1. The Morgan fingerprint density at radius 3 is 1.78 bits per heavy atom. The molecule has 0 radical (unpaired) electrons. The summed E-state index contributed by atoms with van der Waals surface area (Å²) in [5.74, 6) is 0.871. The van der Waals surface area contributed by atoms with E-state index in [1.807, 2.05) is 0 Å². The van der Waals surface area contributed by atoms with Crippen LogP contribution in [0.25, 0.3) is 0 Å². The van der Waals surface area contributed by atoms with Gasteiger partial charge in [-0.05, 0) is 5.92 Å². The van der Waals surface area contributed by atoms with Gasteiger partial charge in [-0.1, -0.05) is 20.3 Å². The third kappa shape index (κ3) is 18.5. The van der Waals surface area contributed by atoms with E-state index in [4.69, 9.17) is 0 Å². The Balaban J connectivity index is -0.000000180. The summed E-state index contributed by atoms with van der Waals surface area (Å²) in [4.78, 5) is 0. The summed E-state index contributed by atoms with van der Waals surface area (Å²) >= 11 is 0. The maximum absolute atomic E-state index is 2.25. The normalized spacial score (nSPS) is 8.00. The second-order valence-electron chi connectivity index (χ2n) is 2.38. The van der Waals surface area contributed by atoms with Crippen LogP contribution in [0.3, 0.4) is 0 Å². The fourth-order valence-corrected chi connectivity index (χ4v) is 0.500. The van der Waals surface area contributed by atoms with Crippen LogP contribution in [0.5, 0.6) is 0 Å². The first-order valence-corrected chi connectivity index (χ1v) is 3.05. The molecular weight excluding hydrogens is 255 g/mol. The van der Waals surface area contributed by atoms with E-state index in [9.17, 15) is 0 Å². The molecule has 0 aromatic heterocycles. The predicted octanol–water partition coefficient (Wildman–Crippen LogP) is -3.35. The summed E-state index contributed by atoms with van der Waals surface area (Å²) in [5.41, 5.74) is 0. The van der Waals surface area contributed by atoms with Crippen LogP contribution < -0.4 is 116 Å². The van der Waals surface area contributed by atoms with E-state index in [1.54, 1.807) is 0 Å². The van der Waals surface area contributed by atoms with Crippen LogP contribution in [0.4, 0.5) is 0 Å². The molecule has 0 saturated heterocycles. The first-order chi connectivity index (χ1) is 3.27. The van der Waals surface area contributed by atoms with Crippen LogP contribution >= 0.6 is 0 Å². The Morgan fingerprint density at radius 1 is 1.22 bits per heavy atom. The Morgan fingerprint density at radius 2 is 1.67 bits per heavy atom. The fourth-order valence-electron chi connectivity index (χ4n) is 0.500. The first kappa shape index (κ1) is 18.4. The first-order valence-electron chi connectivity index (χ1n) is 3.05. The van der Waals surface area contributed by atoms with Crippen molar-refractivity contribution >= 4 is 0 Å². The van der Waals surface area contributed by atoms with Gasteiger partial charge < -0.3 is 6.42 Å². The Labute approximate surface area is 158 Å². The van der Waals surface area contributed by atoms with E-state index in [1.165, 1.54) is 12.8 Å². The minimum absolute atomic E-state index is 0. The predicted molar refractivity (Wildman–Crippen MR) is 34.0 cm³/mol. The van der Waals surface area contributed by atoms with Gasteiger partial charge in [-0.15, -0.1) is 0 Å². The minimum Gasteiger partial charge on any atom is -0.332 e. The fraction of sp³-hybridized carbons (Fsp3) is 0.857. The standard InChI is InChI=1S/C7H15.2Rb/c1-4-5-6-7(2)3;;/h4,7H,5-6H2,1-3H3;;/q-1;2*+1. The molecule has 0 aliphatic rings. The zero-order chi connectivity index (χ0) is 5.70. The van der Waals surface area contributed by atoms with E-state index in [2.05, 4.69) is 27.2 Å². The van der Waals surface area contributed by atoms with Crippen molar-refractivity contribution in [1.82, 2.24) is 0 Å². The molecule has 0 nitrogen and oxygen atoms in total. The SMILES string of the molecule is C[CH-]CCC(C)C.[Rb+].[Rb+]. The molecule has 0 heterocycles. The smallest absolute Gasteiger partial charge is 0.332 e. The van der Waals surface area contributed by atoms with Gasteiger partial charge in [0.2, 0.25) is 0 Å². The molecule has 0 N–H and O–H groups in total. The number of hydrogen-bond acceptors (Lipinski definition) is 0. The van der Waals surface area contributed by atoms with Crippen LogP contribution in [0, 0.1) is 12.3 Å². The molecule has 0 aromatic rings. The Hall–Kier alpha value is 3.61. The Kier molecular flexibility index (Phi) is 28.9. The van der Waals surface area contributed by atoms with Crippen LogP contribution in [-0.4, -0.2) is 0 Å². The van der Waals surface area contributed by atoms with Crippen molar-refractivity contribution in [2.75, 3.05) is 0 Å². The van der Waals surface area contributed by atoms with Crippen molar-refractivity contribution in [2.45, 2.75) is 33.6 Å². The zero-order valence-electron chi connectivity index (χ0n) is 7.57. The van der Waals surface area contributed by atoms with Crippen molar-refractivity contribution in [1.29, 1.82) is 0 Å². The largest absolute Gasteiger partial charge is 1.00 e. The third-order valence-electron chi connectivity index (χ3n) is 1.03. The van der Waals surface area contributed by atoms with Gasteiger partial charge in [-0.25, -0.2) is 0 Å². The summed E-state index contributed by atoms with van der Waals surface area (Å²) in [7, 11) is 0. The van der Waals surface area contributed by atoms with Crippen molar-refractivity contribution in [2.24, 2.45) is 5.92 Å². The van der Waals surface area contributed by atoms with Gasteiger partial charge >= 0.3 is 116 Å². The molecular formula is C7H15Rb2+. The monoisotopic (exact) mass is 269 g/mol. The Bertz CT molecular complexity index is 35.9. The molecule has 9 heavy (non-hydrogen) atoms. The van der Waals surface area contributed by atoms with Crippen molar-refractivity contribution < 1.29 is 116 Å². The third-order valence-corrected chi connectivity index (χ3v) is 1.03. The van der Waals surface area contributed by atoms with Gasteiger partial charge in [0.15, 0.2) is 0 Å². The van der Waals surface area contributed by atoms with Crippen molar-refractivity contribution in [3.05, 3.63) is 6.42 Å². The molecule has 0 atom stereocenters. The quantitative estimate of drug-likeness (QED) is 0.470. The van der Waals surface area contributed by atoms with E-state index in [-0.39, 0.29) is 116 Å². The molecule has 0 saturated carbocycles. The summed E-state index contributed by atoms with van der Waals surface area (Å²) in [6, 6.07) is 0. The molecule has 0 spiro atoms. The summed E-state index contributed by atoms with van der Waals surface area (Å²) < 4.78 is 0. The van der Waals surface area contributed by atoms with E-state index >= 15 is 0 Å². The zero-order valence-corrected chi connectivity index (χ0v) is 17.4. The number of rotatable bonds is 3. The summed E-state index contributed by atoms with van der Waals surface area (Å²) in [6.45, 7) is 6.62. The van der Waals surface area contributed by atoms with Crippen molar-refractivity contribution in [3.63, 3.8) is 0 Å². The van der Waals surface area contributed by atoms with Gasteiger partial charge in [0, 0.05) is 0 Å². The van der Waals surface area contributed by atoms with E-state index < -0.39 is 0 Å². The van der Waals surface area contributed by atoms with Gasteiger partial charge in [-0.3, -0.25) is 0 Å². The maximum atomic E-state index is 2.25. The average molecular weight is 270 g/mol. The molecule has 0 bridgehead atoms. The molecule has 0 unspecified atom stereocenters. The summed E-state index contributed by atoms with van der Waals surface area (Å²) in [6.07, 6.45) is 4.84. The van der Waals surface area contributed by atoms with E-state index in [0.29, 0.717) is 0 Å². The van der Waals surface area contributed by atoms with Crippen LogP contribution in [0.15, 0.2) is 0 Å². The molecule has 0 fully saturated rings. The second kappa shape index (κ2) is 14.2. The topological polar surface area (TPSA) is 0 Å². The molecule has 0 aliphatic carbocycles. The average Bonchev–Trinajstić information content (AvgIpc) is 1.61. The van der Waals surface area contributed by atoms with Gasteiger partial charge in [0.05, 0.1) is 0 Å². The molecule has 0 aliphatic heterocycles. The minimum atomic E-state index is 0. The van der Waals surface area contributed by atoms with Crippen LogP contribution in [0.1, 0.15) is 33.6 Å². The molecule has 0 amide bonds. The van der Waals surface area contributed by atoms with Crippen LogP contribution in [0.2, 0.25) is 0 Å². The van der Waals surface area contributed by atoms with Crippen LogP contribution in [-0.2, 0) is 0 Å². The van der Waals surface area contributed by atoms with Gasteiger partial charge in [0.1, 0.15) is 0 Å². The van der Waals surface area contributed by atoms with E-state index in [0.717, 1.165) is 5.92 Å². The second-order valence-corrected chi connectivity index (χ2v) is 2.38. The van der Waals surface area contributed by atoms with Gasteiger partial charge in [-0.2, -0.15) is 13.3 Å². The van der Waals surface area contributed by atoms with Gasteiger partial charge in [0.25, 0.3) is 0 Å². The number of hydrogen-bond donors (Lipinski definition) is 0. The molecule has 0 rings (SSSR count). The molecule has 0 aromatic carbocycles. The summed E-state index contributed by atoms with van der Waals surface area (Å²) in [5, 5.41) is 0.